The Morgan fingerprint density at radius 1 is 1.32 bits per heavy atom. The van der Waals surface area contributed by atoms with Crippen LogP contribution in [-0.4, -0.2) is 61.9 Å². The molecule has 2 aliphatic heterocycles. The normalized spacial score (nSPS) is 32.3. The molecule has 3 atom stereocenters. The molecule has 3 fully saturated rings. The maximum absolute atomic E-state index is 11.8. The van der Waals surface area contributed by atoms with E-state index < -0.39 is 0 Å². The number of hydrogen-bond donors (Lipinski definition) is 1. The van der Waals surface area contributed by atoms with E-state index >= 15 is 0 Å². The van der Waals surface area contributed by atoms with Gasteiger partial charge in [-0.1, -0.05) is 0 Å². The van der Waals surface area contributed by atoms with Gasteiger partial charge in [-0.3, -0.25) is 9.69 Å². The average Bonchev–Trinajstić information content (AvgIpc) is 3.18. The monoisotopic (exact) mass is 268 g/mol. The molecule has 3 aliphatic rings. The standard InChI is InChI=1S/C14H24N2O3/c1-18-14(17)13(15-10-2-3-10)6-7-16-8-11-4-5-12(9-16)19-11/h10-13,15H,2-9H2,1H3. The van der Waals surface area contributed by atoms with Crippen LogP contribution in [0.25, 0.3) is 0 Å². The largest absolute Gasteiger partial charge is 0.468 e. The minimum Gasteiger partial charge on any atom is -0.468 e. The van der Waals surface area contributed by atoms with Gasteiger partial charge in [-0.15, -0.1) is 0 Å². The van der Waals surface area contributed by atoms with E-state index in [0.717, 1.165) is 26.1 Å². The minimum absolute atomic E-state index is 0.122. The predicted octanol–water partition coefficient (Wildman–Crippen LogP) is 0.533. The van der Waals surface area contributed by atoms with Gasteiger partial charge in [0.05, 0.1) is 19.3 Å². The van der Waals surface area contributed by atoms with E-state index in [1.165, 1.54) is 32.8 Å². The number of methoxy groups -OCH3 is 1. The number of ether oxygens (including phenoxy) is 2. The molecule has 0 aromatic rings. The van der Waals surface area contributed by atoms with E-state index in [1.54, 1.807) is 0 Å². The summed E-state index contributed by atoms with van der Waals surface area (Å²) in [6.45, 7) is 3.00. The van der Waals surface area contributed by atoms with Crippen LogP contribution >= 0.6 is 0 Å². The second-order valence-corrected chi connectivity index (χ2v) is 6.02. The van der Waals surface area contributed by atoms with Gasteiger partial charge < -0.3 is 14.8 Å². The van der Waals surface area contributed by atoms with Crippen molar-refractivity contribution in [3.05, 3.63) is 0 Å². The molecule has 5 nitrogen and oxygen atoms in total. The summed E-state index contributed by atoms with van der Waals surface area (Å²) >= 11 is 0. The van der Waals surface area contributed by atoms with Crippen molar-refractivity contribution in [2.75, 3.05) is 26.7 Å². The van der Waals surface area contributed by atoms with Crippen LogP contribution in [0.4, 0.5) is 0 Å². The number of nitrogens with one attached hydrogen (secondary N) is 1. The molecular formula is C14H24N2O3. The quantitative estimate of drug-likeness (QED) is 0.712. The highest BCUT2D eigenvalue weighted by Crippen LogP contribution is 2.26. The first-order valence-corrected chi connectivity index (χ1v) is 7.46. The van der Waals surface area contributed by atoms with Crippen molar-refractivity contribution in [2.45, 2.75) is 56.4 Å². The van der Waals surface area contributed by atoms with Crippen LogP contribution in [0.1, 0.15) is 32.1 Å². The fraction of sp³-hybridized carbons (Fsp3) is 0.929. The van der Waals surface area contributed by atoms with Crippen molar-refractivity contribution < 1.29 is 14.3 Å². The summed E-state index contributed by atoms with van der Waals surface area (Å²) in [6, 6.07) is 0.392. The van der Waals surface area contributed by atoms with Crippen molar-refractivity contribution in [2.24, 2.45) is 0 Å². The van der Waals surface area contributed by atoms with Crippen molar-refractivity contribution >= 4 is 5.97 Å². The van der Waals surface area contributed by atoms with E-state index in [0.29, 0.717) is 18.2 Å². The first-order valence-electron chi connectivity index (χ1n) is 7.46. The van der Waals surface area contributed by atoms with E-state index in [1.807, 2.05) is 0 Å². The Hall–Kier alpha value is -0.650. The lowest BCUT2D eigenvalue weighted by Gasteiger charge is -2.32. The van der Waals surface area contributed by atoms with Gasteiger partial charge in [0.25, 0.3) is 0 Å². The van der Waals surface area contributed by atoms with Crippen molar-refractivity contribution in [1.29, 1.82) is 0 Å². The molecule has 2 bridgehead atoms. The predicted molar refractivity (Wildman–Crippen MR) is 70.9 cm³/mol. The highest BCUT2D eigenvalue weighted by atomic mass is 16.5. The van der Waals surface area contributed by atoms with Crippen molar-refractivity contribution in [3.8, 4) is 0 Å². The van der Waals surface area contributed by atoms with Gasteiger partial charge in [-0.05, 0) is 32.1 Å². The maximum Gasteiger partial charge on any atom is 0.322 e. The van der Waals surface area contributed by atoms with Crippen molar-refractivity contribution in [1.82, 2.24) is 10.2 Å². The van der Waals surface area contributed by atoms with Crippen LogP contribution in [0.5, 0.6) is 0 Å². The molecule has 0 aromatic heterocycles. The second kappa shape index (κ2) is 5.77. The number of morpholine rings is 1. The molecular weight excluding hydrogens is 244 g/mol. The molecule has 3 rings (SSSR count). The van der Waals surface area contributed by atoms with Crippen LogP contribution in [0.2, 0.25) is 0 Å². The molecule has 1 aliphatic carbocycles. The summed E-state index contributed by atoms with van der Waals surface area (Å²) in [5.41, 5.74) is 0. The van der Waals surface area contributed by atoms with Gasteiger partial charge in [0.2, 0.25) is 0 Å². The third kappa shape index (κ3) is 3.46. The number of carbonyl (C=O) groups is 1. The number of carbonyl (C=O) groups excluding carboxylic acids is 1. The summed E-state index contributed by atoms with van der Waals surface area (Å²) in [6.07, 6.45) is 6.45. The Morgan fingerprint density at radius 2 is 2.00 bits per heavy atom. The zero-order valence-electron chi connectivity index (χ0n) is 11.6. The third-order valence-electron chi connectivity index (χ3n) is 4.35. The van der Waals surface area contributed by atoms with Gasteiger partial charge in [-0.25, -0.2) is 0 Å². The number of likely N-dealkylation sites (tertiary alicyclic amines) is 1. The lowest BCUT2D eigenvalue weighted by atomic mass is 10.1. The van der Waals surface area contributed by atoms with E-state index in [4.69, 9.17) is 9.47 Å². The molecule has 5 heteroatoms. The Labute approximate surface area is 114 Å². The summed E-state index contributed by atoms with van der Waals surface area (Å²) in [5.74, 6) is -0.122. The first-order chi connectivity index (χ1) is 9.24. The lowest BCUT2D eigenvalue weighted by Crippen LogP contribution is -2.46. The second-order valence-electron chi connectivity index (χ2n) is 6.02. The van der Waals surface area contributed by atoms with E-state index in [-0.39, 0.29) is 12.0 Å². The molecule has 0 aromatic carbocycles. The average molecular weight is 268 g/mol. The van der Waals surface area contributed by atoms with Crippen LogP contribution in [0, 0.1) is 0 Å². The summed E-state index contributed by atoms with van der Waals surface area (Å²) in [4.78, 5) is 14.2. The van der Waals surface area contributed by atoms with Crippen molar-refractivity contribution in [3.63, 3.8) is 0 Å². The van der Waals surface area contributed by atoms with E-state index in [2.05, 4.69) is 10.2 Å². The molecule has 0 amide bonds. The fourth-order valence-corrected chi connectivity index (χ4v) is 3.14. The lowest BCUT2D eigenvalue weighted by molar-refractivity contribution is -0.143. The zero-order chi connectivity index (χ0) is 13.2. The summed E-state index contributed by atoms with van der Waals surface area (Å²) in [7, 11) is 1.47. The van der Waals surface area contributed by atoms with Gasteiger partial charge in [0.15, 0.2) is 0 Å². The molecule has 1 saturated carbocycles. The first kappa shape index (κ1) is 13.3. The third-order valence-corrected chi connectivity index (χ3v) is 4.35. The van der Waals surface area contributed by atoms with Crippen LogP contribution in [0.3, 0.4) is 0 Å². The number of hydrogen-bond acceptors (Lipinski definition) is 5. The zero-order valence-corrected chi connectivity index (χ0v) is 11.6. The number of rotatable bonds is 6. The summed E-state index contributed by atoms with van der Waals surface area (Å²) in [5, 5.41) is 3.39. The molecule has 0 spiro atoms. The van der Waals surface area contributed by atoms with E-state index in [9.17, 15) is 4.79 Å². The molecule has 1 N–H and O–H groups in total. The van der Waals surface area contributed by atoms with Crippen LogP contribution in [-0.2, 0) is 14.3 Å². The highest BCUT2D eigenvalue weighted by molar-refractivity contribution is 5.75. The van der Waals surface area contributed by atoms with Crippen LogP contribution < -0.4 is 5.32 Å². The van der Waals surface area contributed by atoms with Gasteiger partial charge in [0, 0.05) is 25.7 Å². The molecule has 108 valence electrons. The van der Waals surface area contributed by atoms with Gasteiger partial charge in [0.1, 0.15) is 6.04 Å². The van der Waals surface area contributed by atoms with Crippen LogP contribution in [0.15, 0.2) is 0 Å². The molecule has 2 saturated heterocycles. The minimum atomic E-state index is -0.141. The number of fused-ring (bicyclic) bond motifs is 2. The fourth-order valence-electron chi connectivity index (χ4n) is 3.14. The van der Waals surface area contributed by atoms with Gasteiger partial charge >= 0.3 is 5.97 Å². The smallest absolute Gasteiger partial charge is 0.322 e. The Balaban J connectivity index is 1.46. The SMILES string of the molecule is COC(=O)C(CCN1CC2CCC(C1)O2)NC1CC1. The molecule has 3 unspecified atom stereocenters. The number of nitrogens with zero attached hydrogens (tertiary/aromatic N) is 1. The molecule has 19 heavy (non-hydrogen) atoms. The highest BCUT2D eigenvalue weighted by Gasteiger charge is 2.34. The summed E-state index contributed by atoms with van der Waals surface area (Å²) < 4.78 is 10.7. The van der Waals surface area contributed by atoms with Gasteiger partial charge in [-0.2, -0.15) is 0 Å². The number of esters is 1. The molecule has 2 heterocycles. The molecule has 0 radical (unpaired) electrons. The Kier molecular flexibility index (Phi) is 4.05. The Bertz CT molecular complexity index is 321. The topological polar surface area (TPSA) is 50.8 Å². The Morgan fingerprint density at radius 3 is 2.58 bits per heavy atom. The maximum atomic E-state index is 11.8.